The molecule has 2 heterocycles. The Morgan fingerprint density at radius 3 is 2.56 bits per heavy atom. The minimum absolute atomic E-state index is 0.00639. The third kappa shape index (κ3) is 4.82. The Bertz CT molecular complexity index is 695. The van der Waals surface area contributed by atoms with Crippen LogP contribution in [-0.4, -0.2) is 62.4 Å². The number of likely N-dealkylation sites (tertiary alicyclic amines) is 1. The molecule has 1 N–H and O–H groups in total. The monoisotopic (exact) mass is 369 g/mol. The molecule has 2 fully saturated rings. The SMILES string of the molecule is COCC(=O)N1CCC(Oc2ccc(NS(=O)(=O)C3CC3)cn2)CC1. The smallest absolute Gasteiger partial charge is 0.248 e. The lowest BCUT2D eigenvalue weighted by atomic mass is 10.1. The number of nitrogens with zero attached hydrogens (tertiary/aromatic N) is 2. The summed E-state index contributed by atoms with van der Waals surface area (Å²) in [4.78, 5) is 17.7. The van der Waals surface area contributed by atoms with Crippen molar-refractivity contribution in [3.63, 3.8) is 0 Å². The lowest BCUT2D eigenvalue weighted by Gasteiger charge is -2.31. The van der Waals surface area contributed by atoms with Crippen LogP contribution < -0.4 is 9.46 Å². The van der Waals surface area contributed by atoms with Crippen molar-refractivity contribution in [2.75, 3.05) is 31.5 Å². The number of amides is 1. The first kappa shape index (κ1) is 17.9. The minimum atomic E-state index is -3.28. The molecule has 138 valence electrons. The second-order valence-electron chi connectivity index (χ2n) is 6.36. The maximum atomic E-state index is 11.9. The highest BCUT2D eigenvalue weighted by atomic mass is 32.2. The van der Waals surface area contributed by atoms with Crippen molar-refractivity contribution in [2.45, 2.75) is 37.0 Å². The lowest BCUT2D eigenvalue weighted by Crippen LogP contribution is -2.43. The number of carbonyl (C=O) groups excluding carboxylic acids is 1. The fourth-order valence-electron chi connectivity index (χ4n) is 2.74. The van der Waals surface area contributed by atoms with E-state index in [0.717, 1.165) is 25.7 Å². The average Bonchev–Trinajstić information content (AvgIpc) is 3.43. The van der Waals surface area contributed by atoms with Gasteiger partial charge in [0.1, 0.15) is 12.7 Å². The molecule has 9 heteroatoms. The molecular weight excluding hydrogens is 346 g/mol. The van der Waals surface area contributed by atoms with Gasteiger partial charge >= 0.3 is 0 Å². The van der Waals surface area contributed by atoms with E-state index in [1.54, 1.807) is 17.0 Å². The molecule has 0 unspecified atom stereocenters. The highest BCUT2D eigenvalue weighted by Gasteiger charge is 2.35. The van der Waals surface area contributed by atoms with Crippen molar-refractivity contribution in [1.29, 1.82) is 0 Å². The number of sulfonamides is 1. The van der Waals surface area contributed by atoms with E-state index in [4.69, 9.17) is 9.47 Å². The van der Waals surface area contributed by atoms with Gasteiger partial charge < -0.3 is 14.4 Å². The number of ether oxygens (including phenoxy) is 2. The van der Waals surface area contributed by atoms with Crippen LogP contribution in [0.4, 0.5) is 5.69 Å². The first-order valence-corrected chi connectivity index (χ1v) is 9.93. The van der Waals surface area contributed by atoms with E-state index in [9.17, 15) is 13.2 Å². The number of anilines is 1. The Labute approximate surface area is 147 Å². The number of rotatable bonds is 7. The molecule has 0 bridgehead atoms. The van der Waals surface area contributed by atoms with Crippen molar-refractivity contribution in [1.82, 2.24) is 9.88 Å². The fraction of sp³-hybridized carbons (Fsp3) is 0.625. The molecule has 1 aromatic heterocycles. The third-order valence-corrected chi connectivity index (χ3v) is 6.18. The van der Waals surface area contributed by atoms with Gasteiger partial charge in [-0.25, -0.2) is 13.4 Å². The number of hydrogen-bond donors (Lipinski definition) is 1. The molecule has 3 rings (SSSR count). The van der Waals surface area contributed by atoms with E-state index in [2.05, 4.69) is 9.71 Å². The number of pyridine rings is 1. The standard InChI is InChI=1S/C16H23N3O5S/c1-23-11-16(20)19-8-6-13(7-9-19)24-15-5-2-12(10-17-15)18-25(21,22)14-3-4-14/h2,5,10,13-14,18H,3-4,6-9,11H2,1H3. The van der Waals surface area contributed by atoms with Crippen LogP contribution in [0.25, 0.3) is 0 Å². The molecule has 1 saturated heterocycles. The fourth-order valence-corrected chi connectivity index (χ4v) is 4.12. The maximum Gasteiger partial charge on any atom is 0.248 e. The van der Waals surface area contributed by atoms with E-state index in [-0.39, 0.29) is 23.9 Å². The maximum absolute atomic E-state index is 11.9. The third-order valence-electron chi connectivity index (χ3n) is 4.31. The van der Waals surface area contributed by atoms with E-state index in [1.165, 1.54) is 13.3 Å². The predicted molar refractivity (Wildman–Crippen MR) is 91.9 cm³/mol. The second-order valence-corrected chi connectivity index (χ2v) is 8.32. The van der Waals surface area contributed by atoms with Gasteiger partial charge in [-0.3, -0.25) is 9.52 Å². The van der Waals surface area contributed by atoms with Gasteiger partial charge in [-0.2, -0.15) is 0 Å². The van der Waals surface area contributed by atoms with E-state index in [1.807, 2.05) is 0 Å². The molecular formula is C16H23N3O5S. The van der Waals surface area contributed by atoms with Crippen LogP contribution in [-0.2, 0) is 19.6 Å². The van der Waals surface area contributed by atoms with Crippen LogP contribution in [0.3, 0.4) is 0 Å². The summed E-state index contributed by atoms with van der Waals surface area (Å²) in [6.45, 7) is 1.36. The van der Waals surface area contributed by atoms with Crippen molar-refractivity contribution >= 4 is 21.6 Å². The largest absolute Gasteiger partial charge is 0.474 e. The Morgan fingerprint density at radius 1 is 1.28 bits per heavy atom. The van der Waals surface area contributed by atoms with Gasteiger partial charge in [0.05, 0.1) is 17.1 Å². The van der Waals surface area contributed by atoms with Crippen LogP contribution in [0, 0.1) is 0 Å². The molecule has 1 amide bonds. The minimum Gasteiger partial charge on any atom is -0.474 e. The molecule has 1 aromatic rings. The lowest BCUT2D eigenvalue weighted by molar-refractivity contribution is -0.136. The Hall–Kier alpha value is -1.87. The van der Waals surface area contributed by atoms with Gasteiger partial charge in [0.15, 0.2) is 0 Å². The first-order valence-electron chi connectivity index (χ1n) is 8.39. The summed E-state index contributed by atoms with van der Waals surface area (Å²) in [5.74, 6) is 0.447. The molecule has 0 radical (unpaired) electrons. The van der Waals surface area contributed by atoms with E-state index < -0.39 is 10.0 Å². The zero-order valence-electron chi connectivity index (χ0n) is 14.2. The molecule has 0 atom stereocenters. The van der Waals surface area contributed by atoms with Crippen LogP contribution in [0.1, 0.15) is 25.7 Å². The van der Waals surface area contributed by atoms with Crippen LogP contribution in [0.15, 0.2) is 18.3 Å². The van der Waals surface area contributed by atoms with Crippen LogP contribution in [0.2, 0.25) is 0 Å². The normalized spacial score (nSPS) is 18.8. The molecule has 0 aromatic carbocycles. The average molecular weight is 369 g/mol. The summed E-state index contributed by atoms with van der Waals surface area (Å²) < 4.78 is 37.0. The summed E-state index contributed by atoms with van der Waals surface area (Å²) in [7, 11) is -1.77. The molecule has 0 spiro atoms. The second kappa shape index (κ2) is 7.57. The van der Waals surface area contributed by atoms with Crippen molar-refractivity contribution in [2.24, 2.45) is 0 Å². The van der Waals surface area contributed by atoms with Gasteiger partial charge in [-0.15, -0.1) is 0 Å². The summed E-state index contributed by atoms with van der Waals surface area (Å²) >= 11 is 0. The van der Waals surface area contributed by atoms with Crippen LogP contribution in [0.5, 0.6) is 5.88 Å². The Morgan fingerprint density at radius 2 is 2.00 bits per heavy atom. The summed E-state index contributed by atoms with van der Waals surface area (Å²) in [6, 6.07) is 3.31. The van der Waals surface area contributed by atoms with Gasteiger partial charge in [0, 0.05) is 39.1 Å². The first-order chi connectivity index (χ1) is 12.0. The quantitative estimate of drug-likeness (QED) is 0.770. The summed E-state index contributed by atoms with van der Waals surface area (Å²) in [5, 5.41) is -0.269. The zero-order chi connectivity index (χ0) is 17.9. The van der Waals surface area contributed by atoms with Gasteiger partial charge in [-0.1, -0.05) is 0 Å². The summed E-state index contributed by atoms with van der Waals surface area (Å²) in [6.07, 6.45) is 4.35. The molecule has 1 saturated carbocycles. The summed E-state index contributed by atoms with van der Waals surface area (Å²) in [5.41, 5.74) is 0.444. The number of nitrogens with one attached hydrogen (secondary N) is 1. The highest BCUT2D eigenvalue weighted by molar-refractivity contribution is 7.93. The highest BCUT2D eigenvalue weighted by Crippen LogP contribution is 2.29. The topological polar surface area (TPSA) is 97.8 Å². The molecule has 1 aliphatic carbocycles. The zero-order valence-corrected chi connectivity index (χ0v) is 15.0. The Kier molecular flexibility index (Phi) is 5.43. The van der Waals surface area contributed by atoms with Gasteiger partial charge in [0.25, 0.3) is 0 Å². The van der Waals surface area contributed by atoms with Crippen molar-refractivity contribution in [3.8, 4) is 5.88 Å². The van der Waals surface area contributed by atoms with Gasteiger partial charge in [-0.05, 0) is 18.9 Å². The number of carbonyl (C=O) groups is 1. The Balaban J connectivity index is 1.48. The molecule has 2 aliphatic rings. The van der Waals surface area contributed by atoms with E-state index in [0.29, 0.717) is 24.7 Å². The number of methoxy groups -OCH3 is 1. The number of hydrogen-bond acceptors (Lipinski definition) is 6. The molecule has 8 nitrogen and oxygen atoms in total. The molecule has 1 aliphatic heterocycles. The van der Waals surface area contributed by atoms with Crippen LogP contribution >= 0.6 is 0 Å². The van der Waals surface area contributed by atoms with Gasteiger partial charge in [0.2, 0.25) is 21.8 Å². The van der Waals surface area contributed by atoms with Crippen molar-refractivity contribution in [3.05, 3.63) is 18.3 Å². The predicted octanol–water partition coefficient (Wildman–Crippen LogP) is 1.00. The van der Waals surface area contributed by atoms with E-state index >= 15 is 0 Å². The van der Waals surface area contributed by atoms with Crippen molar-refractivity contribution < 1.29 is 22.7 Å². The molecule has 25 heavy (non-hydrogen) atoms. The number of piperidine rings is 1. The number of aromatic nitrogens is 1.